The molecule has 0 aliphatic carbocycles. The first-order valence-corrected chi connectivity index (χ1v) is 16.2. The first-order valence-electron chi connectivity index (χ1n) is 13.8. The van der Waals surface area contributed by atoms with Gasteiger partial charge in [-0.05, 0) is 86.5 Å². The highest BCUT2D eigenvalue weighted by Crippen LogP contribution is 2.51. The van der Waals surface area contributed by atoms with E-state index in [1.54, 1.807) is 13.2 Å². The van der Waals surface area contributed by atoms with Crippen molar-refractivity contribution in [2.45, 2.75) is 34.6 Å². The Morgan fingerprint density at radius 3 is 1.81 bits per heavy atom. The van der Waals surface area contributed by atoms with Crippen LogP contribution in [0.15, 0.2) is 116 Å². The van der Waals surface area contributed by atoms with Crippen LogP contribution < -0.4 is 18.9 Å². The maximum Gasteiger partial charge on any atom is 0.462 e. The normalized spacial score (nSPS) is 12.8. The Hall–Kier alpha value is -3.68. The molecular weight excluding hydrogens is 558 g/mol. The maximum absolute atomic E-state index is 6.94. The van der Waals surface area contributed by atoms with Gasteiger partial charge in [0.15, 0.2) is 0 Å². The fourth-order valence-corrected chi connectivity index (χ4v) is 7.01. The lowest BCUT2D eigenvalue weighted by atomic mass is 9.95. The molecule has 0 heterocycles. The highest BCUT2D eigenvalue weighted by molar-refractivity contribution is 7.64. The molecule has 0 saturated carbocycles. The summed E-state index contributed by atoms with van der Waals surface area (Å²) < 4.78 is 25.4. The summed E-state index contributed by atoms with van der Waals surface area (Å²) in [7, 11) is -1.22. The molecule has 2 unspecified atom stereocenters. The van der Waals surface area contributed by atoms with Gasteiger partial charge in [-0.2, -0.15) is 0 Å². The molecule has 4 rings (SSSR count). The monoisotopic (exact) mass is 596 g/mol. The lowest BCUT2D eigenvalue weighted by Gasteiger charge is -2.24. The number of para-hydroxylation sites is 1. The van der Waals surface area contributed by atoms with Crippen molar-refractivity contribution in [3.8, 4) is 28.4 Å². The first-order chi connectivity index (χ1) is 20.3. The fraction of sp³-hybridized carbons (Fsp3) is 0.167. The zero-order valence-electron chi connectivity index (χ0n) is 25.1. The molecule has 0 radical (unpaired) electrons. The van der Waals surface area contributed by atoms with Crippen molar-refractivity contribution in [3.63, 3.8) is 0 Å². The third-order valence-electron chi connectivity index (χ3n) is 6.49. The van der Waals surface area contributed by atoms with E-state index in [0.29, 0.717) is 5.75 Å². The van der Waals surface area contributed by atoms with E-state index in [1.807, 2.05) is 67.6 Å². The van der Waals surface area contributed by atoms with Crippen LogP contribution in [-0.4, -0.2) is 7.11 Å². The molecule has 4 nitrogen and oxygen atoms in total. The van der Waals surface area contributed by atoms with Gasteiger partial charge in [0.05, 0.1) is 0 Å². The van der Waals surface area contributed by atoms with Crippen molar-refractivity contribution in [3.05, 3.63) is 143 Å². The van der Waals surface area contributed by atoms with Gasteiger partial charge in [0.2, 0.25) is 0 Å². The molecule has 4 aromatic carbocycles. The first kappa shape index (κ1) is 31.3. The van der Waals surface area contributed by atoms with Crippen LogP contribution in [0.2, 0.25) is 0 Å². The second-order valence-corrected chi connectivity index (χ2v) is 12.8. The minimum Gasteiger partial charge on any atom is -0.464 e. The van der Waals surface area contributed by atoms with Gasteiger partial charge in [-0.3, -0.25) is 4.52 Å². The Morgan fingerprint density at radius 2 is 1.21 bits per heavy atom. The van der Waals surface area contributed by atoms with Crippen molar-refractivity contribution < 1.29 is 18.1 Å². The molecule has 0 N–H and O–H groups in total. The van der Waals surface area contributed by atoms with Gasteiger partial charge in [0.25, 0.3) is 0 Å². The van der Waals surface area contributed by atoms with Crippen LogP contribution in [0.5, 0.6) is 17.2 Å². The summed E-state index contributed by atoms with van der Waals surface area (Å²) in [6, 6.07) is 26.8. The Bertz CT molecular complexity index is 1580. The summed E-state index contributed by atoms with van der Waals surface area (Å²) in [5.74, 6) is 4.39. The van der Waals surface area contributed by atoms with Gasteiger partial charge in [-0.1, -0.05) is 91.5 Å². The summed E-state index contributed by atoms with van der Waals surface area (Å²) in [5, 5.41) is 1.12. The van der Waals surface area contributed by atoms with Gasteiger partial charge >= 0.3 is 8.60 Å². The highest BCUT2D eigenvalue weighted by atomic mass is 31.2. The molecule has 0 aromatic heterocycles. The van der Waals surface area contributed by atoms with Crippen LogP contribution >= 0.6 is 16.8 Å². The summed E-state index contributed by atoms with van der Waals surface area (Å²) in [5.41, 5.74) is 7.23. The molecule has 216 valence electrons. The zero-order valence-corrected chi connectivity index (χ0v) is 26.9. The van der Waals surface area contributed by atoms with Crippen molar-refractivity contribution >= 4 is 22.1 Å². The Kier molecular flexibility index (Phi) is 11.2. The molecule has 0 aliphatic rings. The van der Waals surface area contributed by atoms with E-state index in [0.717, 1.165) is 55.7 Å². The van der Waals surface area contributed by atoms with Gasteiger partial charge in [-0.15, -0.1) is 0 Å². The largest absolute Gasteiger partial charge is 0.464 e. The van der Waals surface area contributed by atoms with Gasteiger partial charge < -0.3 is 13.6 Å². The van der Waals surface area contributed by atoms with Crippen molar-refractivity contribution in [1.29, 1.82) is 0 Å². The lowest BCUT2D eigenvalue weighted by molar-refractivity contribution is 0.322. The lowest BCUT2D eigenvalue weighted by Crippen LogP contribution is -2.05. The minimum absolute atomic E-state index is 0.713. The summed E-state index contributed by atoms with van der Waals surface area (Å²) in [4.78, 5) is 0. The molecule has 2 atom stereocenters. The highest BCUT2D eigenvalue weighted by Gasteiger charge is 2.24. The number of aryl methyl sites for hydroxylation is 5. The van der Waals surface area contributed by atoms with Crippen LogP contribution in [0.1, 0.15) is 27.8 Å². The van der Waals surface area contributed by atoms with Crippen LogP contribution in [0, 0.1) is 34.6 Å². The van der Waals surface area contributed by atoms with Gasteiger partial charge in [0, 0.05) is 23.5 Å². The zero-order chi connectivity index (χ0) is 30.1. The molecule has 0 saturated heterocycles. The molecule has 0 spiro atoms. The summed E-state index contributed by atoms with van der Waals surface area (Å²) in [6.07, 6.45) is 7.65. The molecule has 0 bridgehead atoms. The van der Waals surface area contributed by atoms with E-state index in [9.17, 15) is 0 Å². The predicted molar refractivity (Wildman–Crippen MR) is 179 cm³/mol. The van der Waals surface area contributed by atoms with E-state index < -0.39 is 16.8 Å². The van der Waals surface area contributed by atoms with Gasteiger partial charge in [0.1, 0.15) is 25.4 Å². The second-order valence-electron chi connectivity index (χ2n) is 9.99. The third-order valence-corrected chi connectivity index (χ3v) is 9.09. The van der Waals surface area contributed by atoms with E-state index in [2.05, 4.69) is 76.5 Å². The molecule has 42 heavy (non-hydrogen) atoms. The van der Waals surface area contributed by atoms with Crippen molar-refractivity contribution in [2.24, 2.45) is 0 Å². The number of hydrogen-bond donors (Lipinski definition) is 0. The standard InChI is InChI=1S/C36H38O4P2/c1-8-9-10-16-21-41(31-18-12-11-13-19-31)39-35-29(5)22-26(2)24-32(35)33-25-27(3)23-30(6)36(33)40-42(37-7)38-34-20-15-14-17-28(34)4/h8-25H,1H2,2-7H3/b10-9-,21-16+. The fourth-order valence-electron chi connectivity index (χ4n) is 4.57. The summed E-state index contributed by atoms with van der Waals surface area (Å²) in [6.45, 7) is 14.1. The maximum atomic E-state index is 6.94. The summed E-state index contributed by atoms with van der Waals surface area (Å²) >= 11 is 0. The smallest absolute Gasteiger partial charge is 0.462 e. The van der Waals surface area contributed by atoms with E-state index >= 15 is 0 Å². The average molecular weight is 597 g/mol. The predicted octanol–water partition coefficient (Wildman–Crippen LogP) is 10.6. The molecular formula is C36H38O4P2. The minimum atomic E-state index is -1.71. The van der Waals surface area contributed by atoms with Crippen molar-refractivity contribution in [2.75, 3.05) is 7.11 Å². The molecule has 0 aliphatic heterocycles. The van der Waals surface area contributed by atoms with Crippen LogP contribution in [0.25, 0.3) is 11.1 Å². The molecule has 4 aromatic rings. The third kappa shape index (κ3) is 7.99. The van der Waals surface area contributed by atoms with Crippen LogP contribution in [0.3, 0.4) is 0 Å². The number of hydrogen-bond acceptors (Lipinski definition) is 4. The quantitative estimate of drug-likeness (QED) is 0.120. The Morgan fingerprint density at radius 1 is 0.619 bits per heavy atom. The topological polar surface area (TPSA) is 36.9 Å². The van der Waals surface area contributed by atoms with E-state index in [-0.39, 0.29) is 0 Å². The van der Waals surface area contributed by atoms with Gasteiger partial charge in [-0.25, -0.2) is 0 Å². The number of rotatable bonds is 12. The molecule has 6 heteroatoms. The van der Waals surface area contributed by atoms with Crippen LogP contribution in [0.4, 0.5) is 0 Å². The van der Waals surface area contributed by atoms with Crippen LogP contribution in [-0.2, 0) is 4.52 Å². The Labute approximate surface area is 253 Å². The molecule has 0 amide bonds. The average Bonchev–Trinajstić information content (AvgIpc) is 2.97. The van der Waals surface area contributed by atoms with E-state index in [1.165, 1.54) is 0 Å². The van der Waals surface area contributed by atoms with Crippen molar-refractivity contribution in [1.82, 2.24) is 0 Å². The Balaban J connectivity index is 1.81. The SMILES string of the molecule is C=C/C=C\C=C\P(Oc1c(C)cc(C)cc1-c1cc(C)cc(C)c1OP(OC)Oc1ccccc1C)c1ccccc1. The van der Waals surface area contributed by atoms with E-state index in [4.69, 9.17) is 18.1 Å². The number of allylic oxidation sites excluding steroid dienone is 4. The second kappa shape index (κ2) is 15.0. The number of benzene rings is 4. The molecule has 0 fully saturated rings.